The summed E-state index contributed by atoms with van der Waals surface area (Å²) in [7, 11) is 0. The number of hydrogen-bond acceptors (Lipinski definition) is 5. The average molecular weight is 387 g/mol. The topological polar surface area (TPSA) is 61.8 Å². The standard InChI is InChI=1S/C22H42O5/c1-4-6-7-8-9-10-11-12-13-14-16-26-21(23)18-25-19-22(24)27-17-20(3)15-5-2/h20H,4-19H2,1-3H3. The van der Waals surface area contributed by atoms with E-state index >= 15 is 0 Å². The lowest BCUT2D eigenvalue weighted by Crippen LogP contribution is -2.20. The van der Waals surface area contributed by atoms with E-state index in [0.29, 0.717) is 19.1 Å². The fourth-order valence-corrected chi connectivity index (χ4v) is 2.89. The minimum Gasteiger partial charge on any atom is -0.464 e. The lowest BCUT2D eigenvalue weighted by Gasteiger charge is -2.11. The zero-order valence-corrected chi connectivity index (χ0v) is 17.9. The number of hydrogen-bond donors (Lipinski definition) is 0. The van der Waals surface area contributed by atoms with Crippen LogP contribution < -0.4 is 0 Å². The Bertz CT molecular complexity index is 357. The van der Waals surface area contributed by atoms with Crippen LogP contribution in [0.25, 0.3) is 0 Å². The average Bonchev–Trinajstić information content (AvgIpc) is 2.64. The van der Waals surface area contributed by atoms with E-state index in [2.05, 4.69) is 13.8 Å². The molecule has 1 unspecified atom stereocenters. The van der Waals surface area contributed by atoms with E-state index in [1.54, 1.807) is 0 Å². The van der Waals surface area contributed by atoms with Gasteiger partial charge in [0.2, 0.25) is 0 Å². The molecule has 0 bridgehead atoms. The number of rotatable bonds is 19. The van der Waals surface area contributed by atoms with Gasteiger partial charge in [0.25, 0.3) is 0 Å². The van der Waals surface area contributed by atoms with Gasteiger partial charge in [0.05, 0.1) is 13.2 Å². The molecule has 0 fully saturated rings. The zero-order valence-electron chi connectivity index (χ0n) is 17.9. The molecule has 0 N–H and O–H groups in total. The van der Waals surface area contributed by atoms with Crippen LogP contribution in [-0.4, -0.2) is 38.4 Å². The SMILES string of the molecule is CCCCCCCCCCCCOC(=O)COCC(=O)OCC(C)CCC. The fraction of sp³-hybridized carbons (Fsp3) is 0.909. The van der Waals surface area contributed by atoms with Crippen LogP contribution in [0.5, 0.6) is 0 Å². The molecule has 0 heterocycles. The zero-order chi connectivity index (χ0) is 20.2. The van der Waals surface area contributed by atoms with Crippen molar-refractivity contribution in [2.75, 3.05) is 26.4 Å². The van der Waals surface area contributed by atoms with E-state index < -0.39 is 11.9 Å². The Balaban J connectivity index is 3.36. The van der Waals surface area contributed by atoms with Crippen LogP contribution in [0.1, 0.15) is 97.8 Å². The molecule has 0 aliphatic heterocycles. The van der Waals surface area contributed by atoms with Crippen molar-refractivity contribution in [3.8, 4) is 0 Å². The molecule has 0 aliphatic rings. The van der Waals surface area contributed by atoms with Crippen LogP contribution >= 0.6 is 0 Å². The molecule has 5 nitrogen and oxygen atoms in total. The molecule has 5 heteroatoms. The van der Waals surface area contributed by atoms with Crippen LogP contribution in [0.4, 0.5) is 0 Å². The van der Waals surface area contributed by atoms with Gasteiger partial charge < -0.3 is 14.2 Å². The first-order chi connectivity index (χ1) is 13.1. The van der Waals surface area contributed by atoms with Crippen molar-refractivity contribution in [3.05, 3.63) is 0 Å². The molecule has 160 valence electrons. The number of carbonyl (C=O) groups is 2. The van der Waals surface area contributed by atoms with Gasteiger partial charge in [-0.1, -0.05) is 85.0 Å². The van der Waals surface area contributed by atoms with Crippen LogP contribution in [0.15, 0.2) is 0 Å². The largest absolute Gasteiger partial charge is 0.464 e. The summed E-state index contributed by atoms with van der Waals surface area (Å²) in [5.41, 5.74) is 0. The van der Waals surface area contributed by atoms with E-state index in [9.17, 15) is 9.59 Å². The second-order valence-electron chi connectivity index (χ2n) is 7.47. The summed E-state index contributed by atoms with van der Waals surface area (Å²) in [6.07, 6.45) is 14.6. The third-order valence-electron chi connectivity index (χ3n) is 4.51. The van der Waals surface area contributed by atoms with Gasteiger partial charge in [-0.25, -0.2) is 9.59 Å². The predicted molar refractivity (Wildman–Crippen MR) is 109 cm³/mol. The summed E-state index contributed by atoms with van der Waals surface area (Å²) in [4.78, 5) is 23.0. The second kappa shape index (κ2) is 19.7. The normalized spacial score (nSPS) is 12.0. The Hall–Kier alpha value is -1.10. The summed E-state index contributed by atoms with van der Waals surface area (Å²) >= 11 is 0. The van der Waals surface area contributed by atoms with Crippen LogP contribution in [0.3, 0.4) is 0 Å². The number of unbranched alkanes of at least 4 members (excludes halogenated alkanes) is 9. The summed E-state index contributed by atoms with van der Waals surface area (Å²) in [5, 5.41) is 0. The van der Waals surface area contributed by atoms with Crippen molar-refractivity contribution >= 4 is 11.9 Å². The van der Waals surface area contributed by atoms with E-state index in [1.807, 2.05) is 6.92 Å². The third-order valence-corrected chi connectivity index (χ3v) is 4.51. The highest BCUT2D eigenvalue weighted by Crippen LogP contribution is 2.10. The molecule has 27 heavy (non-hydrogen) atoms. The fourth-order valence-electron chi connectivity index (χ4n) is 2.89. The molecule has 0 spiro atoms. The highest BCUT2D eigenvalue weighted by atomic mass is 16.6. The third kappa shape index (κ3) is 19.5. The Morgan fingerprint density at radius 3 is 1.78 bits per heavy atom. The highest BCUT2D eigenvalue weighted by molar-refractivity contribution is 5.73. The van der Waals surface area contributed by atoms with Gasteiger partial charge in [0, 0.05) is 0 Å². The van der Waals surface area contributed by atoms with Gasteiger partial charge >= 0.3 is 11.9 Å². The molecule has 0 aromatic carbocycles. The van der Waals surface area contributed by atoms with E-state index in [0.717, 1.165) is 25.7 Å². The molecule has 0 aliphatic carbocycles. The summed E-state index contributed by atoms with van der Waals surface area (Å²) in [5.74, 6) is -0.497. The van der Waals surface area contributed by atoms with Crippen molar-refractivity contribution in [2.45, 2.75) is 97.8 Å². The lowest BCUT2D eigenvalue weighted by atomic mass is 10.1. The van der Waals surface area contributed by atoms with Gasteiger partial charge in [-0.05, 0) is 18.8 Å². The monoisotopic (exact) mass is 386 g/mol. The van der Waals surface area contributed by atoms with E-state index in [-0.39, 0.29) is 13.2 Å². The van der Waals surface area contributed by atoms with E-state index in [1.165, 1.54) is 51.4 Å². The highest BCUT2D eigenvalue weighted by Gasteiger charge is 2.09. The summed E-state index contributed by atoms with van der Waals surface area (Å²) < 4.78 is 15.3. The van der Waals surface area contributed by atoms with Gasteiger partial charge in [-0.2, -0.15) is 0 Å². The molecule has 0 saturated carbocycles. The molecular formula is C22H42O5. The van der Waals surface area contributed by atoms with Crippen molar-refractivity contribution in [2.24, 2.45) is 5.92 Å². The van der Waals surface area contributed by atoms with Crippen LogP contribution in [-0.2, 0) is 23.8 Å². The molecule has 0 amide bonds. The van der Waals surface area contributed by atoms with E-state index in [4.69, 9.17) is 14.2 Å². The van der Waals surface area contributed by atoms with Crippen molar-refractivity contribution in [1.82, 2.24) is 0 Å². The summed E-state index contributed by atoms with van der Waals surface area (Å²) in [6, 6.07) is 0. The maximum Gasteiger partial charge on any atom is 0.332 e. The lowest BCUT2D eigenvalue weighted by molar-refractivity contribution is -0.156. The van der Waals surface area contributed by atoms with Gasteiger partial charge in [-0.15, -0.1) is 0 Å². The minimum absolute atomic E-state index is 0.197. The second-order valence-corrected chi connectivity index (χ2v) is 7.47. The maximum absolute atomic E-state index is 11.5. The molecule has 1 atom stereocenters. The molecule has 0 aromatic heterocycles. The number of ether oxygens (including phenoxy) is 3. The Kier molecular flexibility index (Phi) is 18.9. The van der Waals surface area contributed by atoms with Gasteiger partial charge in [0.15, 0.2) is 0 Å². The van der Waals surface area contributed by atoms with Crippen molar-refractivity contribution in [3.63, 3.8) is 0 Å². The predicted octanol–water partition coefficient (Wildman–Crippen LogP) is 5.45. The molecule has 0 saturated heterocycles. The first-order valence-corrected chi connectivity index (χ1v) is 11.0. The number of esters is 2. The summed E-state index contributed by atoms with van der Waals surface area (Å²) in [6.45, 7) is 6.81. The quantitative estimate of drug-likeness (QED) is 0.218. The number of carbonyl (C=O) groups excluding carboxylic acids is 2. The van der Waals surface area contributed by atoms with Gasteiger partial charge in [-0.3, -0.25) is 0 Å². The van der Waals surface area contributed by atoms with Crippen LogP contribution in [0.2, 0.25) is 0 Å². The Morgan fingerprint density at radius 1 is 0.704 bits per heavy atom. The first kappa shape index (κ1) is 25.9. The van der Waals surface area contributed by atoms with Crippen LogP contribution in [0, 0.1) is 5.92 Å². The smallest absolute Gasteiger partial charge is 0.332 e. The van der Waals surface area contributed by atoms with Crippen molar-refractivity contribution in [1.29, 1.82) is 0 Å². The maximum atomic E-state index is 11.5. The van der Waals surface area contributed by atoms with Crippen molar-refractivity contribution < 1.29 is 23.8 Å². The Morgan fingerprint density at radius 2 is 1.22 bits per heavy atom. The molecule has 0 radical (unpaired) electrons. The first-order valence-electron chi connectivity index (χ1n) is 11.0. The van der Waals surface area contributed by atoms with Gasteiger partial charge in [0.1, 0.15) is 13.2 Å². The minimum atomic E-state index is -0.430. The Labute approximate surface area is 166 Å². The molecule has 0 rings (SSSR count). The molecular weight excluding hydrogens is 344 g/mol. The molecule has 0 aromatic rings.